The van der Waals surface area contributed by atoms with Gasteiger partial charge in [0.15, 0.2) is 0 Å². The summed E-state index contributed by atoms with van der Waals surface area (Å²) in [4.78, 5) is 8.19. The van der Waals surface area contributed by atoms with Crippen LogP contribution >= 0.6 is 0 Å². The molecule has 0 aliphatic carbocycles. The van der Waals surface area contributed by atoms with Crippen molar-refractivity contribution >= 4 is 0 Å². The number of likely N-dealkylation sites (N-methyl/N-ethyl adjacent to an activating group) is 1. The van der Waals surface area contributed by atoms with Crippen molar-refractivity contribution in [3.63, 3.8) is 0 Å². The summed E-state index contributed by atoms with van der Waals surface area (Å²) in [6.45, 7) is 2.63. The molecule has 0 aromatic carbocycles. The highest BCUT2D eigenvalue weighted by Crippen LogP contribution is 2.29. The Morgan fingerprint density at radius 3 is 2.48 bits per heavy atom. The van der Waals surface area contributed by atoms with E-state index in [9.17, 15) is 13.2 Å². The van der Waals surface area contributed by atoms with Gasteiger partial charge in [-0.05, 0) is 30.8 Å². The lowest BCUT2D eigenvalue weighted by atomic mass is 10.1. The highest BCUT2D eigenvalue weighted by atomic mass is 19.4. The maximum absolute atomic E-state index is 12.5. The normalized spacial score (nSPS) is 13.1. The molecule has 21 heavy (non-hydrogen) atoms. The first-order valence-electron chi connectivity index (χ1n) is 6.67. The molecular weight excluding hydrogens is 279 g/mol. The monoisotopic (exact) mass is 295 g/mol. The standard InChI is InChI=1S/C15H16F3N3/c1-2-19-14(9-12-5-3-4-8-20-12)13-7-6-11(10-21-13)15(16,17)18/h3-8,10,14,19H,2,9H2,1H3. The molecule has 1 unspecified atom stereocenters. The minimum atomic E-state index is -4.36. The molecule has 0 fully saturated rings. The molecule has 1 atom stereocenters. The molecule has 2 aromatic rings. The van der Waals surface area contributed by atoms with Gasteiger partial charge >= 0.3 is 6.18 Å². The Kier molecular flexibility index (Phi) is 4.90. The van der Waals surface area contributed by atoms with Crippen LogP contribution in [0.15, 0.2) is 42.7 Å². The fourth-order valence-electron chi connectivity index (χ4n) is 2.03. The molecule has 112 valence electrons. The van der Waals surface area contributed by atoms with E-state index in [1.807, 2.05) is 25.1 Å². The number of hydrogen-bond acceptors (Lipinski definition) is 3. The molecule has 0 aliphatic heterocycles. The summed E-state index contributed by atoms with van der Waals surface area (Å²) in [6, 6.07) is 7.90. The first kappa shape index (κ1) is 15.4. The summed E-state index contributed by atoms with van der Waals surface area (Å²) in [5.41, 5.74) is 0.708. The molecule has 2 aromatic heterocycles. The van der Waals surface area contributed by atoms with Crippen molar-refractivity contribution < 1.29 is 13.2 Å². The van der Waals surface area contributed by atoms with E-state index in [0.29, 0.717) is 18.7 Å². The largest absolute Gasteiger partial charge is 0.417 e. The SMILES string of the molecule is CCNC(Cc1ccccn1)c1ccc(C(F)(F)F)cn1. The molecular formula is C15H16F3N3. The zero-order valence-corrected chi connectivity index (χ0v) is 11.6. The third-order valence-corrected chi connectivity index (χ3v) is 3.06. The second kappa shape index (κ2) is 6.67. The van der Waals surface area contributed by atoms with Crippen molar-refractivity contribution in [3.8, 4) is 0 Å². The Labute approximate surface area is 121 Å². The van der Waals surface area contributed by atoms with Gasteiger partial charge in [0.05, 0.1) is 17.3 Å². The van der Waals surface area contributed by atoms with Crippen molar-refractivity contribution in [2.24, 2.45) is 0 Å². The van der Waals surface area contributed by atoms with Crippen LogP contribution < -0.4 is 5.32 Å². The first-order valence-corrected chi connectivity index (χ1v) is 6.67. The number of halogens is 3. The maximum atomic E-state index is 12.5. The number of nitrogens with zero attached hydrogens (tertiary/aromatic N) is 2. The second-order valence-corrected chi connectivity index (χ2v) is 4.60. The summed E-state index contributed by atoms with van der Waals surface area (Å²) in [5, 5.41) is 3.22. The van der Waals surface area contributed by atoms with Crippen LogP contribution in [0, 0.1) is 0 Å². The molecule has 1 N–H and O–H groups in total. The topological polar surface area (TPSA) is 37.8 Å². The predicted molar refractivity (Wildman–Crippen MR) is 73.6 cm³/mol. The molecule has 0 spiro atoms. The highest BCUT2D eigenvalue weighted by Gasteiger charge is 2.31. The van der Waals surface area contributed by atoms with E-state index in [4.69, 9.17) is 0 Å². The van der Waals surface area contributed by atoms with Gasteiger partial charge in [-0.15, -0.1) is 0 Å². The number of aromatic nitrogens is 2. The van der Waals surface area contributed by atoms with Gasteiger partial charge in [-0.2, -0.15) is 13.2 Å². The molecule has 2 rings (SSSR count). The smallest absolute Gasteiger partial charge is 0.309 e. The number of rotatable bonds is 5. The van der Waals surface area contributed by atoms with Gasteiger partial charge in [0.25, 0.3) is 0 Å². The predicted octanol–water partition coefficient (Wildman–Crippen LogP) is 3.39. The third kappa shape index (κ3) is 4.26. The van der Waals surface area contributed by atoms with Crippen molar-refractivity contribution in [2.75, 3.05) is 6.54 Å². The van der Waals surface area contributed by atoms with E-state index in [-0.39, 0.29) is 6.04 Å². The molecule has 0 radical (unpaired) electrons. The van der Waals surface area contributed by atoms with Gasteiger partial charge in [-0.3, -0.25) is 9.97 Å². The van der Waals surface area contributed by atoms with Crippen LogP contribution in [-0.2, 0) is 12.6 Å². The Hall–Kier alpha value is -1.95. The molecule has 0 saturated carbocycles. The van der Waals surface area contributed by atoms with E-state index in [2.05, 4.69) is 15.3 Å². The Morgan fingerprint density at radius 2 is 1.95 bits per heavy atom. The average molecular weight is 295 g/mol. The Morgan fingerprint density at radius 1 is 1.14 bits per heavy atom. The maximum Gasteiger partial charge on any atom is 0.417 e. The zero-order chi connectivity index (χ0) is 15.3. The summed E-state index contributed by atoms with van der Waals surface area (Å²) < 4.78 is 37.6. The second-order valence-electron chi connectivity index (χ2n) is 4.60. The molecule has 6 heteroatoms. The molecule has 3 nitrogen and oxygen atoms in total. The van der Waals surface area contributed by atoms with E-state index in [1.54, 1.807) is 6.20 Å². The quantitative estimate of drug-likeness (QED) is 0.919. The van der Waals surface area contributed by atoms with Crippen LogP contribution in [-0.4, -0.2) is 16.5 Å². The van der Waals surface area contributed by atoms with E-state index in [1.165, 1.54) is 6.07 Å². The van der Waals surface area contributed by atoms with Gasteiger partial charge in [0.1, 0.15) is 0 Å². The van der Waals surface area contributed by atoms with Gasteiger partial charge in [0, 0.05) is 24.5 Å². The van der Waals surface area contributed by atoms with Gasteiger partial charge in [-0.1, -0.05) is 13.0 Å². The van der Waals surface area contributed by atoms with Crippen LogP contribution in [0.25, 0.3) is 0 Å². The van der Waals surface area contributed by atoms with Gasteiger partial charge in [0.2, 0.25) is 0 Å². The number of nitrogens with one attached hydrogen (secondary N) is 1. The summed E-state index contributed by atoms with van der Waals surface area (Å²) in [7, 11) is 0. The van der Waals surface area contributed by atoms with E-state index >= 15 is 0 Å². The van der Waals surface area contributed by atoms with E-state index < -0.39 is 11.7 Å². The van der Waals surface area contributed by atoms with Crippen LogP contribution in [0.3, 0.4) is 0 Å². The minimum absolute atomic E-state index is 0.160. The Balaban J connectivity index is 2.18. The van der Waals surface area contributed by atoms with Crippen LogP contribution in [0.5, 0.6) is 0 Å². The molecule has 0 saturated heterocycles. The number of alkyl halides is 3. The highest BCUT2D eigenvalue weighted by molar-refractivity contribution is 5.20. The fraction of sp³-hybridized carbons (Fsp3) is 0.333. The number of pyridine rings is 2. The van der Waals surface area contributed by atoms with Gasteiger partial charge < -0.3 is 5.32 Å². The van der Waals surface area contributed by atoms with Crippen molar-refractivity contribution in [3.05, 3.63) is 59.7 Å². The fourth-order valence-corrected chi connectivity index (χ4v) is 2.03. The van der Waals surface area contributed by atoms with Crippen LogP contribution in [0.1, 0.15) is 29.9 Å². The van der Waals surface area contributed by atoms with Crippen molar-refractivity contribution in [1.82, 2.24) is 15.3 Å². The zero-order valence-electron chi connectivity index (χ0n) is 11.6. The summed E-state index contributed by atoms with van der Waals surface area (Å²) in [6.07, 6.45) is -1.22. The Bertz CT molecular complexity index is 553. The third-order valence-electron chi connectivity index (χ3n) is 3.06. The first-order chi connectivity index (χ1) is 10.0. The average Bonchev–Trinajstić information content (AvgIpc) is 2.47. The molecule has 0 bridgehead atoms. The molecule has 0 amide bonds. The van der Waals surface area contributed by atoms with Gasteiger partial charge in [-0.25, -0.2) is 0 Å². The van der Waals surface area contributed by atoms with Crippen LogP contribution in [0.4, 0.5) is 13.2 Å². The molecule has 2 heterocycles. The summed E-state index contributed by atoms with van der Waals surface area (Å²) in [5.74, 6) is 0. The number of hydrogen-bond donors (Lipinski definition) is 1. The lowest BCUT2D eigenvalue weighted by Gasteiger charge is -2.17. The minimum Gasteiger partial charge on any atom is -0.309 e. The van der Waals surface area contributed by atoms with Crippen molar-refractivity contribution in [1.29, 1.82) is 0 Å². The summed E-state index contributed by atoms with van der Waals surface area (Å²) >= 11 is 0. The lowest BCUT2D eigenvalue weighted by molar-refractivity contribution is -0.137. The van der Waals surface area contributed by atoms with Crippen LogP contribution in [0.2, 0.25) is 0 Å². The van der Waals surface area contributed by atoms with E-state index in [0.717, 1.165) is 18.0 Å². The van der Waals surface area contributed by atoms with Crippen molar-refractivity contribution in [2.45, 2.75) is 25.6 Å². The lowest BCUT2D eigenvalue weighted by Crippen LogP contribution is -2.24. The molecule has 0 aliphatic rings.